The van der Waals surface area contributed by atoms with Gasteiger partial charge in [-0.05, 0) is 20.8 Å². The number of aromatic nitrogens is 3. The first-order valence-corrected chi connectivity index (χ1v) is 6.89. The van der Waals surface area contributed by atoms with Gasteiger partial charge in [0.2, 0.25) is 5.16 Å². The first-order chi connectivity index (χ1) is 8.65. The van der Waals surface area contributed by atoms with Crippen LogP contribution >= 0.6 is 11.8 Å². The quantitative estimate of drug-likeness (QED) is 0.670. The molecule has 0 unspecified atom stereocenters. The molecular weight excluding hydrogens is 242 g/mol. The van der Waals surface area contributed by atoms with Crippen LogP contribution in [0.3, 0.4) is 0 Å². The Bertz CT molecular complexity index is 536. The van der Waals surface area contributed by atoms with Gasteiger partial charge in [-0.15, -0.1) is 5.10 Å². The second kappa shape index (κ2) is 5.87. The molecular formula is C14H17N3S. The Morgan fingerprint density at radius 1 is 1.28 bits per heavy atom. The topological polar surface area (TPSA) is 41.6 Å². The van der Waals surface area contributed by atoms with E-state index in [-0.39, 0.29) is 0 Å². The summed E-state index contributed by atoms with van der Waals surface area (Å²) < 4.78 is 0. The first-order valence-electron chi connectivity index (χ1n) is 5.91. The fourth-order valence-electron chi connectivity index (χ4n) is 1.43. The molecule has 2 rings (SSSR count). The van der Waals surface area contributed by atoms with E-state index in [0.717, 1.165) is 22.3 Å². The van der Waals surface area contributed by atoms with Crippen LogP contribution in [0.25, 0.3) is 11.4 Å². The van der Waals surface area contributed by atoms with Gasteiger partial charge in [-0.1, -0.05) is 53.2 Å². The largest absolute Gasteiger partial charge is 0.258 e. The molecule has 0 aliphatic rings. The number of allylic oxidation sites excluding steroid dienone is 1. The molecule has 0 aliphatic heterocycles. The third kappa shape index (κ3) is 3.47. The molecule has 0 bridgehead atoms. The minimum absolute atomic E-state index is 0.795. The summed E-state index contributed by atoms with van der Waals surface area (Å²) in [5, 5.41) is 7.98. The molecule has 3 nitrogen and oxygen atoms in total. The molecule has 2 aromatic rings. The van der Waals surface area contributed by atoms with Crippen LogP contribution in [-0.2, 0) is 0 Å². The molecule has 4 heteroatoms. The number of nitrogens with zero attached hydrogens (tertiary/aromatic N) is 2. The molecule has 1 heterocycles. The summed E-state index contributed by atoms with van der Waals surface area (Å²) in [7, 11) is 0. The number of nitrogens with one attached hydrogen (secondary N) is 1. The Morgan fingerprint density at radius 2 is 2.00 bits per heavy atom. The smallest absolute Gasteiger partial charge is 0.209 e. The normalized spacial score (nSPS) is 10.4. The maximum Gasteiger partial charge on any atom is 0.209 e. The van der Waals surface area contributed by atoms with Crippen LogP contribution in [0.4, 0.5) is 0 Å². The molecule has 0 amide bonds. The molecule has 18 heavy (non-hydrogen) atoms. The lowest BCUT2D eigenvalue weighted by molar-refractivity contribution is 0.975. The van der Waals surface area contributed by atoms with Crippen molar-refractivity contribution in [2.75, 3.05) is 5.75 Å². The van der Waals surface area contributed by atoms with Gasteiger partial charge in [0.15, 0.2) is 5.82 Å². The van der Waals surface area contributed by atoms with E-state index in [9.17, 15) is 0 Å². The van der Waals surface area contributed by atoms with Crippen LogP contribution in [0.2, 0.25) is 0 Å². The van der Waals surface area contributed by atoms with Gasteiger partial charge in [-0.25, -0.2) is 4.98 Å². The van der Waals surface area contributed by atoms with Crippen molar-refractivity contribution in [1.82, 2.24) is 15.2 Å². The maximum atomic E-state index is 4.47. The van der Waals surface area contributed by atoms with Gasteiger partial charge < -0.3 is 0 Å². The van der Waals surface area contributed by atoms with E-state index in [0.29, 0.717) is 0 Å². The van der Waals surface area contributed by atoms with Crippen molar-refractivity contribution in [3.05, 3.63) is 41.5 Å². The summed E-state index contributed by atoms with van der Waals surface area (Å²) >= 11 is 1.64. The second-order valence-corrected chi connectivity index (χ2v) is 5.41. The van der Waals surface area contributed by atoms with Crippen LogP contribution in [0, 0.1) is 6.92 Å². The van der Waals surface area contributed by atoms with Crippen molar-refractivity contribution >= 4 is 11.8 Å². The van der Waals surface area contributed by atoms with E-state index in [2.05, 4.69) is 66.3 Å². The third-order valence-electron chi connectivity index (χ3n) is 2.49. The summed E-state index contributed by atoms with van der Waals surface area (Å²) in [4.78, 5) is 4.47. The van der Waals surface area contributed by atoms with Crippen LogP contribution in [-0.4, -0.2) is 20.9 Å². The van der Waals surface area contributed by atoms with Gasteiger partial charge in [0, 0.05) is 11.3 Å². The van der Waals surface area contributed by atoms with E-state index < -0.39 is 0 Å². The highest BCUT2D eigenvalue weighted by atomic mass is 32.2. The summed E-state index contributed by atoms with van der Waals surface area (Å²) in [5.41, 5.74) is 3.63. The highest BCUT2D eigenvalue weighted by Gasteiger charge is 2.05. The predicted octanol–water partition coefficient (Wildman–Crippen LogP) is 3.84. The fourth-order valence-corrected chi connectivity index (χ4v) is 2.27. The number of thioether (sulfide) groups is 1. The number of benzene rings is 1. The fraction of sp³-hybridized carbons (Fsp3) is 0.286. The van der Waals surface area contributed by atoms with Crippen molar-refractivity contribution in [2.24, 2.45) is 0 Å². The molecule has 0 radical (unpaired) electrons. The minimum Gasteiger partial charge on any atom is -0.258 e. The van der Waals surface area contributed by atoms with E-state index in [4.69, 9.17) is 0 Å². The SMILES string of the molecule is CC(C)=CCSc1n[nH]c(-c2ccc(C)cc2)n1. The van der Waals surface area contributed by atoms with Crippen molar-refractivity contribution in [2.45, 2.75) is 25.9 Å². The minimum atomic E-state index is 0.795. The predicted molar refractivity (Wildman–Crippen MR) is 76.7 cm³/mol. The summed E-state index contributed by atoms with van der Waals surface area (Å²) in [6.07, 6.45) is 2.17. The molecule has 1 aromatic heterocycles. The van der Waals surface area contributed by atoms with Crippen LogP contribution < -0.4 is 0 Å². The van der Waals surface area contributed by atoms with Gasteiger partial charge >= 0.3 is 0 Å². The highest BCUT2D eigenvalue weighted by molar-refractivity contribution is 7.99. The zero-order valence-corrected chi connectivity index (χ0v) is 11.7. The summed E-state index contributed by atoms with van der Waals surface area (Å²) in [6, 6.07) is 8.27. The number of aryl methyl sites for hydroxylation is 1. The Kier molecular flexibility index (Phi) is 4.20. The van der Waals surface area contributed by atoms with Gasteiger partial charge in [0.05, 0.1) is 0 Å². The van der Waals surface area contributed by atoms with Crippen molar-refractivity contribution in [1.29, 1.82) is 0 Å². The highest BCUT2D eigenvalue weighted by Crippen LogP contribution is 2.19. The lowest BCUT2D eigenvalue weighted by atomic mass is 10.1. The van der Waals surface area contributed by atoms with Crippen molar-refractivity contribution in [3.8, 4) is 11.4 Å². The van der Waals surface area contributed by atoms with Gasteiger partial charge in [0.1, 0.15) is 0 Å². The standard InChI is InChI=1S/C14H17N3S/c1-10(2)8-9-18-14-15-13(16-17-14)12-6-4-11(3)5-7-12/h4-8H,9H2,1-3H3,(H,15,16,17). The Labute approximate surface area is 112 Å². The number of rotatable bonds is 4. The molecule has 0 fully saturated rings. The molecule has 0 aliphatic carbocycles. The first kappa shape index (κ1) is 12.9. The lowest BCUT2D eigenvalue weighted by Gasteiger charge is -1.96. The Morgan fingerprint density at radius 3 is 2.67 bits per heavy atom. The van der Waals surface area contributed by atoms with E-state index in [1.54, 1.807) is 11.8 Å². The molecule has 1 aromatic carbocycles. The average Bonchev–Trinajstić information content (AvgIpc) is 2.78. The van der Waals surface area contributed by atoms with Crippen LogP contribution in [0.5, 0.6) is 0 Å². The van der Waals surface area contributed by atoms with Gasteiger partial charge in [-0.2, -0.15) is 0 Å². The monoisotopic (exact) mass is 259 g/mol. The molecule has 94 valence electrons. The van der Waals surface area contributed by atoms with Gasteiger partial charge in [-0.3, -0.25) is 5.10 Å². The number of hydrogen-bond acceptors (Lipinski definition) is 3. The maximum absolute atomic E-state index is 4.47. The number of H-pyrrole nitrogens is 1. The average molecular weight is 259 g/mol. The zero-order chi connectivity index (χ0) is 13.0. The van der Waals surface area contributed by atoms with E-state index >= 15 is 0 Å². The third-order valence-corrected chi connectivity index (χ3v) is 3.27. The molecule has 0 atom stereocenters. The van der Waals surface area contributed by atoms with Crippen molar-refractivity contribution in [3.63, 3.8) is 0 Å². The number of aromatic amines is 1. The molecule has 0 saturated heterocycles. The zero-order valence-electron chi connectivity index (χ0n) is 10.9. The van der Waals surface area contributed by atoms with Crippen LogP contribution in [0.1, 0.15) is 19.4 Å². The van der Waals surface area contributed by atoms with Crippen molar-refractivity contribution < 1.29 is 0 Å². The van der Waals surface area contributed by atoms with E-state index in [1.165, 1.54) is 11.1 Å². The number of hydrogen-bond donors (Lipinski definition) is 1. The Hall–Kier alpha value is -1.55. The Balaban J connectivity index is 2.06. The second-order valence-electron chi connectivity index (χ2n) is 4.43. The summed E-state index contributed by atoms with van der Waals surface area (Å²) in [5.74, 6) is 1.74. The molecule has 0 saturated carbocycles. The van der Waals surface area contributed by atoms with Gasteiger partial charge in [0.25, 0.3) is 0 Å². The molecule has 0 spiro atoms. The summed E-state index contributed by atoms with van der Waals surface area (Å²) in [6.45, 7) is 6.26. The molecule has 1 N–H and O–H groups in total. The van der Waals surface area contributed by atoms with E-state index in [1.807, 2.05) is 0 Å². The van der Waals surface area contributed by atoms with Crippen LogP contribution in [0.15, 0.2) is 41.1 Å². The lowest BCUT2D eigenvalue weighted by Crippen LogP contribution is -1.81.